The maximum Gasteiger partial charge on any atom is 1.00 e. The third kappa shape index (κ3) is 21.7. The van der Waals surface area contributed by atoms with Gasteiger partial charge in [0.2, 0.25) is 21.9 Å². The van der Waals surface area contributed by atoms with Gasteiger partial charge in [-0.1, -0.05) is 37.8 Å². The van der Waals surface area contributed by atoms with Gasteiger partial charge >= 0.3 is 150 Å². The zero-order valence-electron chi connectivity index (χ0n) is 45.9. The number of aromatic nitrogens is 6. The molecule has 2 amide bonds. The number of hydrogen-bond donors (Lipinski definition) is 3. The molecular weight excluding hydrogens is 1260 g/mol. The van der Waals surface area contributed by atoms with Gasteiger partial charge in [-0.15, -0.1) is 0 Å². The predicted octanol–water partition coefficient (Wildman–Crippen LogP) is 0.289. The number of carbonyl (C=O) groups excluding carboxylic acids is 3. The number of imidazole rings is 2. The van der Waals surface area contributed by atoms with Gasteiger partial charge in [-0.3, -0.25) is 14.8 Å². The molecule has 0 saturated carbocycles. The van der Waals surface area contributed by atoms with E-state index in [-0.39, 0.29) is 185 Å². The molecule has 2 saturated heterocycles. The van der Waals surface area contributed by atoms with Gasteiger partial charge in [-0.2, -0.15) is 0 Å². The molecule has 0 unspecified atom stereocenters. The first-order valence-electron chi connectivity index (χ1n) is 23.6. The van der Waals surface area contributed by atoms with Crippen molar-refractivity contribution in [2.24, 2.45) is 0 Å². The first kappa shape index (κ1) is 70.0. The summed E-state index contributed by atoms with van der Waals surface area (Å²) in [5.74, 6) is 1.67. The van der Waals surface area contributed by atoms with Gasteiger partial charge in [0.1, 0.15) is 29.3 Å². The monoisotopic (exact) mass is 1330 g/mol. The number of fused-ring (bicyclic) bond motifs is 2. The van der Waals surface area contributed by atoms with E-state index in [4.69, 9.17) is 34.4 Å². The standard InChI is InChI=1S/C24H30FN5O2.C18H25FN4O4S.C7H9NO2.CH2O3.CH4.2Cs.H/c1-16-9-10-17(26-13-16)14-30-21-8-6-5-7-19(21)27-22(30)29-12-11-18(25)20(15-29)28-23(31)32-24(2,3)4;1-18(2,3)27-17(24)21-14-11-22(10-9-12(14)19)16-20-13-7-5-6-8-15(13)23(16)28(4,25)26;1-10-7-3-2-6(5-9)8-4-7;2-1-4-3;;;;/h5-10,13,18,20H,11-12,14-15H2,1-4H3,(H,28,31);5-8,12,14H,9-11H2,1-4H3,(H,21,24);2-4,9H,5H2,1H3;1,3H;1H4;;;/q;;;;;2*+1;-1/p-1/t18-,20-;12-,14-;;;;;;/m11....../s1. The van der Waals surface area contributed by atoms with Crippen molar-refractivity contribution in [3.8, 4) is 5.75 Å². The van der Waals surface area contributed by atoms with Crippen LogP contribution in [0.5, 0.6) is 5.75 Å². The number of aliphatic hydroxyl groups excluding tert-OH is 1. The predicted molar refractivity (Wildman–Crippen MR) is 279 cm³/mol. The number of amides is 2. The van der Waals surface area contributed by atoms with Crippen LogP contribution >= 0.6 is 0 Å². The van der Waals surface area contributed by atoms with Crippen LogP contribution in [0.2, 0.25) is 0 Å². The van der Waals surface area contributed by atoms with Crippen molar-refractivity contribution in [1.82, 2.24) is 39.1 Å². The maximum absolute atomic E-state index is 14.7. The number of hydrogen-bond acceptors (Lipinski definition) is 17. The summed E-state index contributed by atoms with van der Waals surface area (Å²) in [6.07, 6.45) is 1.23. The maximum atomic E-state index is 14.7. The summed E-state index contributed by atoms with van der Waals surface area (Å²) < 4.78 is 72.5. The fourth-order valence-corrected chi connectivity index (χ4v) is 8.72. The Morgan fingerprint density at radius 3 is 1.69 bits per heavy atom. The number of piperidine rings is 2. The molecule has 0 bridgehead atoms. The quantitative estimate of drug-likeness (QED) is 0.0947. The van der Waals surface area contributed by atoms with E-state index in [1.807, 2.05) is 54.4 Å². The molecule has 21 nitrogen and oxygen atoms in total. The van der Waals surface area contributed by atoms with Crippen molar-refractivity contribution < 1.29 is 200 Å². The minimum Gasteiger partial charge on any atom is -1.00 e. The van der Waals surface area contributed by atoms with Crippen LogP contribution in [-0.2, 0) is 42.3 Å². The molecule has 2 aromatic carbocycles. The van der Waals surface area contributed by atoms with Gasteiger partial charge in [0.05, 0.1) is 78.3 Å². The number of methoxy groups -OCH3 is 1. The van der Waals surface area contributed by atoms with Crippen molar-refractivity contribution in [3.05, 3.63) is 102 Å². The molecule has 2 fully saturated rings. The molecule has 3 N–H and O–H groups in total. The van der Waals surface area contributed by atoms with Crippen molar-refractivity contribution in [3.63, 3.8) is 0 Å². The number of anilines is 2. The van der Waals surface area contributed by atoms with Gasteiger partial charge in [0.25, 0.3) is 6.47 Å². The second-order valence-electron chi connectivity index (χ2n) is 19.3. The molecule has 6 aromatic rings. The first-order valence-corrected chi connectivity index (χ1v) is 25.4. The summed E-state index contributed by atoms with van der Waals surface area (Å²) >= 11 is 0. The van der Waals surface area contributed by atoms with E-state index in [9.17, 15) is 26.8 Å². The van der Waals surface area contributed by atoms with Crippen molar-refractivity contribution in [1.29, 1.82) is 0 Å². The van der Waals surface area contributed by atoms with Crippen LogP contribution in [-0.4, -0.2) is 136 Å². The van der Waals surface area contributed by atoms with Gasteiger partial charge in [0.15, 0.2) is 0 Å². The zero-order valence-corrected chi connectivity index (χ0v) is 58.3. The normalized spacial score (nSPS) is 17.1. The van der Waals surface area contributed by atoms with E-state index < -0.39 is 57.8 Å². The summed E-state index contributed by atoms with van der Waals surface area (Å²) in [5, 5.41) is 22.3. The van der Waals surface area contributed by atoms with Crippen molar-refractivity contribution >= 4 is 62.6 Å². The summed E-state index contributed by atoms with van der Waals surface area (Å²) in [6.45, 7) is 14.1. The number of nitrogens with one attached hydrogen (secondary N) is 2. The van der Waals surface area contributed by atoms with Crippen molar-refractivity contribution in [2.75, 3.05) is 49.3 Å². The van der Waals surface area contributed by atoms with Gasteiger partial charge in [0, 0.05) is 32.4 Å². The third-order valence-corrected chi connectivity index (χ3v) is 12.0. The number of benzene rings is 2. The van der Waals surface area contributed by atoms with Crippen LogP contribution in [0.15, 0.2) is 85.2 Å². The molecule has 2 aliphatic rings. The number of para-hydroxylation sites is 4. The Labute approximate surface area is 568 Å². The molecule has 6 heterocycles. The summed E-state index contributed by atoms with van der Waals surface area (Å²) in [5.41, 5.74) is 4.18. The van der Waals surface area contributed by atoms with Crippen LogP contribution < -0.4 is 168 Å². The van der Waals surface area contributed by atoms with E-state index in [0.717, 1.165) is 38.5 Å². The number of ether oxygens (including phenoxy) is 3. The third-order valence-electron chi connectivity index (χ3n) is 11.0. The number of pyridine rings is 2. The molecule has 0 aliphatic carbocycles. The molecule has 4 atom stereocenters. The second kappa shape index (κ2) is 32.4. The fourth-order valence-electron chi connectivity index (χ4n) is 7.76. The van der Waals surface area contributed by atoms with E-state index in [0.29, 0.717) is 48.5 Å². The number of halogens is 2. The Morgan fingerprint density at radius 1 is 0.779 bits per heavy atom. The molecule has 2 aliphatic heterocycles. The van der Waals surface area contributed by atoms with E-state index in [1.54, 1.807) is 96.1 Å². The minimum atomic E-state index is -3.64. The molecule has 8 rings (SSSR count). The van der Waals surface area contributed by atoms with E-state index in [2.05, 4.69) is 35.0 Å². The molecule has 0 radical (unpaired) electrons. The van der Waals surface area contributed by atoms with Crippen LogP contribution in [0.4, 0.5) is 30.3 Å². The number of nitrogens with zero attached hydrogens (tertiary/aromatic N) is 8. The molecule has 4 aromatic heterocycles. The average molecular weight is 1340 g/mol. The Morgan fingerprint density at radius 2 is 1.25 bits per heavy atom. The average Bonchev–Trinajstić information content (AvgIpc) is 3.92. The fraction of sp³-hybridized carbons (Fsp3) is 0.471. The van der Waals surface area contributed by atoms with Crippen LogP contribution in [0.25, 0.3) is 22.1 Å². The zero-order chi connectivity index (χ0) is 54.4. The van der Waals surface area contributed by atoms with E-state index in [1.165, 1.54) is 0 Å². The Hall–Kier alpha value is -3.08. The molecule has 77 heavy (non-hydrogen) atoms. The summed E-state index contributed by atoms with van der Waals surface area (Å²) in [7, 11) is -2.06. The topological polar surface area (TPSA) is 258 Å². The number of alkyl carbamates (subject to hydrolysis) is 2. The largest absolute Gasteiger partial charge is 1.00 e. The number of rotatable bonds is 10. The van der Waals surface area contributed by atoms with Crippen molar-refractivity contribution in [2.45, 2.75) is 118 Å². The Kier molecular flexibility index (Phi) is 29.5. The van der Waals surface area contributed by atoms with Gasteiger partial charge in [-0.25, -0.2) is 40.7 Å². The van der Waals surface area contributed by atoms with Gasteiger partial charge < -0.3 is 55.9 Å². The van der Waals surface area contributed by atoms with Gasteiger partial charge in [-0.05, 0) is 109 Å². The van der Waals surface area contributed by atoms with Crippen LogP contribution in [0.3, 0.4) is 0 Å². The Balaban J connectivity index is 0.000000604. The molecule has 412 valence electrons. The minimum absolute atomic E-state index is 0. The Bertz CT molecular complexity index is 2890. The molecular formula is C51H70Cs2F2N10O11S. The number of carbonyl (C=O) groups is 3. The van der Waals surface area contributed by atoms with Crippen LogP contribution in [0.1, 0.15) is 80.2 Å². The summed E-state index contributed by atoms with van der Waals surface area (Å²) in [6, 6.07) is 20.8. The summed E-state index contributed by atoms with van der Waals surface area (Å²) in [4.78, 5) is 57.0. The first-order chi connectivity index (χ1) is 34.9. The number of aryl methyl sites for hydroxylation is 1. The van der Waals surface area contributed by atoms with Crippen LogP contribution in [0, 0.1) is 6.92 Å². The molecule has 26 heteroatoms. The second-order valence-corrected chi connectivity index (χ2v) is 21.1. The van der Waals surface area contributed by atoms with E-state index >= 15 is 0 Å². The number of alkyl halides is 2. The SMILES string of the molecule is C.CC(C)(C)OC(=O)N[C@@H]1CN(c2nc3ccccc3n2S(C)(=O)=O)CC[C@H]1F.COc1ccc(CO)nc1.Cc1ccc(Cn2c(N3CC[C@@H](F)[C@H](NC(=O)OC(C)(C)C)C3)nc3ccccc32)nc1.O=CO[O-].[Cs+].[Cs+].[H-]. The molecule has 0 spiro atoms. The smallest absolute Gasteiger partial charge is 1.00 e. The number of aliphatic hydroxyl groups is 1.